The van der Waals surface area contributed by atoms with E-state index in [4.69, 9.17) is 4.18 Å². The molecule has 31 heavy (non-hydrogen) atoms. The first-order chi connectivity index (χ1) is 14.6. The number of hydrogen-bond donors (Lipinski definition) is 2. The molecule has 0 fully saturated rings. The van der Waals surface area contributed by atoms with E-state index in [0.29, 0.717) is 5.56 Å². The van der Waals surface area contributed by atoms with Crippen molar-refractivity contribution in [2.75, 3.05) is 5.32 Å². The van der Waals surface area contributed by atoms with E-state index in [2.05, 4.69) is 5.32 Å². The van der Waals surface area contributed by atoms with Crippen LogP contribution in [0, 0.1) is 13.8 Å². The lowest BCUT2D eigenvalue weighted by molar-refractivity contribution is 0.256. The molecule has 0 bridgehead atoms. The van der Waals surface area contributed by atoms with Gasteiger partial charge in [0.1, 0.15) is 10.6 Å². The third kappa shape index (κ3) is 5.62. The van der Waals surface area contributed by atoms with Gasteiger partial charge in [0.15, 0.2) is 0 Å². The molecule has 3 aromatic rings. The molecule has 0 aromatic heterocycles. The Kier molecular flexibility index (Phi) is 6.32. The number of carbonyl (C=O) groups excluding carboxylic acids is 1. The Morgan fingerprint density at radius 3 is 2.16 bits per heavy atom. The minimum Gasteiger partial charge on any atom is -0.379 e. The van der Waals surface area contributed by atoms with Crippen LogP contribution >= 0.6 is 0 Å². The highest BCUT2D eigenvalue weighted by molar-refractivity contribution is 7.90. The van der Waals surface area contributed by atoms with Crippen LogP contribution in [0.3, 0.4) is 0 Å². The summed E-state index contributed by atoms with van der Waals surface area (Å²) in [6.07, 6.45) is 0. The van der Waals surface area contributed by atoms with Crippen molar-refractivity contribution in [1.82, 2.24) is 4.72 Å². The van der Waals surface area contributed by atoms with Gasteiger partial charge in [0.25, 0.3) is 10.0 Å². The third-order valence-corrected chi connectivity index (χ3v) is 6.81. The molecule has 0 aliphatic heterocycles. The van der Waals surface area contributed by atoms with Crippen LogP contribution in [-0.4, -0.2) is 22.9 Å². The van der Waals surface area contributed by atoms with Gasteiger partial charge in [0.05, 0.1) is 4.90 Å². The van der Waals surface area contributed by atoms with Gasteiger partial charge in [-0.3, -0.25) is 0 Å². The SMILES string of the molecule is Cc1ccc(S(=O)(=O)NC(=O)Nc2cccc(S(=O)(=O)Oc3ccccc3C)c2)cc1. The van der Waals surface area contributed by atoms with Crippen molar-refractivity contribution in [3.05, 3.63) is 83.9 Å². The Hall–Kier alpha value is -3.37. The first kappa shape index (κ1) is 22.3. The van der Waals surface area contributed by atoms with Gasteiger partial charge in [-0.1, -0.05) is 42.0 Å². The van der Waals surface area contributed by atoms with Crippen LogP contribution in [0.5, 0.6) is 5.75 Å². The molecule has 0 aliphatic carbocycles. The second-order valence-electron chi connectivity index (χ2n) is 6.70. The van der Waals surface area contributed by atoms with E-state index < -0.39 is 26.2 Å². The van der Waals surface area contributed by atoms with Crippen molar-refractivity contribution in [3.8, 4) is 5.75 Å². The minimum atomic E-state index is -4.17. The molecule has 3 aromatic carbocycles. The zero-order valence-electron chi connectivity index (χ0n) is 16.7. The van der Waals surface area contributed by atoms with Crippen molar-refractivity contribution in [1.29, 1.82) is 0 Å². The maximum atomic E-state index is 12.6. The van der Waals surface area contributed by atoms with Crippen LogP contribution in [-0.2, 0) is 20.1 Å². The third-order valence-electron chi connectivity index (χ3n) is 4.23. The number of amides is 2. The van der Waals surface area contributed by atoms with Gasteiger partial charge in [-0.15, -0.1) is 0 Å². The summed E-state index contributed by atoms with van der Waals surface area (Å²) in [6, 6.07) is 16.9. The normalized spacial score (nSPS) is 11.5. The Bertz CT molecular complexity index is 1320. The molecule has 0 aliphatic rings. The first-order valence-electron chi connectivity index (χ1n) is 9.07. The molecule has 10 heteroatoms. The van der Waals surface area contributed by atoms with Gasteiger partial charge >= 0.3 is 16.1 Å². The second kappa shape index (κ2) is 8.78. The predicted octanol–water partition coefficient (Wildman–Crippen LogP) is 3.58. The van der Waals surface area contributed by atoms with Gasteiger partial charge in [0, 0.05) is 5.69 Å². The number of para-hydroxylation sites is 1. The van der Waals surface area contributed by atoms with E-state index in [9.17, 15) is 21.6 Å². The highest BCUT2D eigenvalue weighted by atomic mass is 32.2. The molecule has 3 rings (SSSR count). The molecule has 0 radical (unpaired) electrons. The smallest absolute Gasteiger partial charge is 0.339 e. The number of rotatable bonds is 6. The van der Waals surface area contributed by atoms with Crippen LogP contribution in [0.25, 0.3) is 0 Å². The van der Waals surface area contributed by atoms with Crippen LogP contribution in [0.4, 0.5) is 10.5 Å². The number of carbonyl (C=O) groups is 1. The predicted molar refractivity (Wildman–Crippen MR) is 116 cm³/mol. The average Bonchev–Trinajstić information content (AvgIpc) is 2.69. The highest BCUT2D eigenvalue weighted by Gasteiger charge is 2.20. The van der Waals surface area contributed by atoms with Crippen LogP contribution in [0.1, 0.15) is 11.1 Å². The highest BCUT2D eigenvalue weighted by Crippen LogP contribution is 2.23. The van der Waals surface area contributed by atoms with Gasteiger partial charge < -0.3 is 9.50 Å². The van der Waals surface area contributed by atoms with Crippen molar-refractivity contribution in [3.63, 3.8) is 0 Å². The van der Waals surface area contributed by atoms with Gasteiger partial charge in [0.2, 0.25) is 0 Å². The van der Waals surface area contributed by atoms with Gasteiger partial charge in [-0.2, -0.15) is 8.42 Å². The minimum absolute atomic E-state index is 0.0730. The summed E-state index contributed by atoms with van der Waals surface area (Å²) in [4.78, 5) is 11.9. The number of nitrogens with one attached hydrogen (secondary N) is 2. The first-order valence-corrected chi connectivity index (χ1v) is 12.0. The number of benzene rings is 3. The van der Waals surface area contributed by atoms with E-state index in [1.165, 1.54) is 42.5 Å². The zero-order chi connectivity index (χ0) is 22.6. The van der Waals surface area contributed by atoms with E-state index in [1.807, 2.05) is 4.72 Å². The van der Waals surface area contributed by atoms with E-state index >= 15 is 0 Å². The Morgan fingerprint density at radius 1 is 0.806 bits per heavy atom. The van der Waals surface area contributed by atoms with E-state index in [0.717, 1.165) is 5.56 Å². The lowest BCUT2D eigenvalue weighted by Crippen LogP contribution is -2.34. The molecule has 162 valence electrons. The van der Waals surface area contributed by atoms with Crippen molar-refractivity contribution in [2.45, 2.75) is 23.6 Å². The summed E-state index contributed by atoms with van der Waals surface area (Å²) < 4.78 is 56.9. The quantitative estimate of drug-likeness (QED) is 0.543. The summed E-state index contributed by atoms with van der Waals surface area (Å²) in [5.74, 6) is 0.183. The fraction of sp³-hybridized carbons (Fsp3) is 0.0952. The molecule has 0 saturated heterocycles. The summed E-state index contributed by atoms with van der Waals surface area (Å²) in [6.45, 7) is 3.52. The summed E-state index contributed by atoms with van der Waals surface area (Å²) in [5, 5.41) is 2.32. The summed E-state index contributed by atoms with van der Waals surface area (Å²) in [7, 11) is -8.25. The summed E-state index contributed by atoms with van der Waals surface area (Å²) >= 11 is 0. The number of urea groups is 1. The molecule has 2 N–H and O–H groups in total. The van der Waals surface area contributed by atoms with Gasteiger partial charge in [-0.25, -0.2) is 17.9 Å². The van der Waals surface area contributed by atoms with Gasteiger partial charge in [-0.05, 0) is 55.8 Å². The number of anilines is 1. The molecule has 0 unspecified atom stereocenters. The number of hydrogen-bond acceptors (Lipinski definition) is 6. The molecule has 0 saturated carbocycles. The summed E-state index contributed by atoms with van der Waals surface area (Å²) in [5.41, 5.74) is 1.58. The molecule has 0 atom stereocenters. The van der Waals surface area contributed by atoms with E-state index in [-0.39, 0.29) is 21.2 Å². The van der Waals surface area contributed by atoms with Crippen molar-refractivity contribution < 1.29 is 25.8 Å². The zero-order valence-corrected chi connectivity index (χ0v) is 18.3. The van der Waals surface area contributed by atoms with Crippen molar-refractivity contribution >= 4 is 31.9 Å². The van der Waals surface area contributed by atoms with Crippen LogP contribution in [0.2, 0.25) is 0 Å². The lowest BCUT2D eigenvalue weighted by atomic mass is 10.2. The topological polar surface area (TPSA) is 119 Å². The monoisotopic (exact) mass is 460 g/mol. The molecule has 2 amide bonds. The second-order valence-corrected chi connectivity index (χ2v) is 9.93. The molecular weight excluding hydrogens is 440 g/mol. The van der Waals surface area contributed by atoms with E-state index in [1.54, 1.807) is 44.2 Å². The number of sulfonamides is 1. The fourth-order valence-corrected chi connectivity index (χ4v) is 4.54. The van der Waals surface area contributed by atoms with Crippen LogP contribution < -0.4 is 14.2 Å². The largest absolute Gasteiger partial charge is 0.379 e. The van der Waals surface area contributed by atoms with Crippen molar-refractivity contribution in [2.24, 2.45) is 0 Å². The lowest BCUT2D eigenvalue weighted by Gasteiger charge is -2.11. The molecule has 0 spiro atoms. The molecular formula is C21H20N2O6S2. The Labute approximate surface area is 181 Å². The Morgan fingerprint density at radius 2 is 1.48 bits per heavy atom. The molecule has 0 heterocycles. The van der Waals surface area contributed by atoms with Crippen LogP contribution in [0.15, 0.2) is 82.6 Å². The maximum absolute atomic E-state index is 12.6. The number of aryl methyl sites for hydroxylation is 2. The maximum Gasteiger partial charge on any atom is 0.339 e. The Balaban J connectivity index is 1.75. The average molecular weight is 461 g/mol. The standard InChI is InChI=1S/C21H20N2O6S2/c1-15-10-12-18(13-11-15)30(25,26)23-21(24)22-17-7-5-8-19(14-17)31(27,28)29-20-9-4-3-6-16(20)2/h3-14H,1-2H3,(H2,22,23,24). The fourth-order valence-electron chi connectivity index (χ4n) is 2.60. The molecule has 8 nitrogen and oxygen atoms in total.